The SMILES string of the molecule is C[C@H](c1cc(F)ccc1F)N(C)C(=O)[C@H]1CCNC1. The Morgan fingerprint density at radius 2 is 2.21 bits per heavy atom. The van der Waals surface area contributed by atoms with Crippen molar-refractivity contribution in [1.82, 2.24) is 10.2 Å². The van der Waals surface area contributed by atoms with E-state index in [9.17, 15) is 13.6 Å². The van der Waals surface area contributed by atoms with E-state index >= 15 is 0 Å². The number of carbonyl (C=O) groups excluding carboxylic acids is 1. The highest BCUT2D eigenvalue weighted by atomic mass is 19.1. The first-order valence-electron chi connectivity index (χ1n) is 6.43. The Balaban J connectivity index is 2.15. The molecule has 0 spiro atoms. The van der Waals surface area contributed by atoms with Crippen LogP contribution in [0.3, 0.4) is 0 Å². The van der Waals surface area contributed by atoms with Crippen LogP contribution >= 0.6 is 0 Å². The summed E-state index contributed by atoms with van der Waals surface area (Å²) >= 11 is 0. The van der Waals surface area contributed by atoms with Crippen molar-refractivity contribution < 1.29 is 13.6 Å². The van der Waals surface area contributed by atoms with Crippen molar-refractivity contribution in [2.24, 2.45) is 5.92 Å². The molecule has 0 bridgehead atoms. The molecule has 0 radical (unpaired) electrons. The summed E-state index contributed by atoms with van der Waals surface area (Å²) < 4.78 is 26.9. The van der Waals surface area contributed by atoms with Gasteiger partial charge >= 0.3 is 0 Å². The molecule has 1 aromatic carbocycles. The average molecular weight is 268 g/mol. The molecule has 3 nitrogen and oxygen atoms in total. The third kappa shape index (κ3) is 2.92. The van der Waals surface area contributed by atoms with E-state index < -0.39 is 17.7 Å². The molecule has 0 unspecified atom stereocenters. The molecule has 1 N–H and O–H groups in total. The third-order valence-electron chi connectivity index (χ3n) is 3.75. The Morgan fingerprint density at radius 1 is 1.47 bits per heavy atom. The number of nitrogens with zero attached hydrogens (tertiary/aromatic N) is 1. The zero-order valence-electron chi connectivity index (χ0n) is 11.1. The maximum Gasteiger partial charge on any atom is 0.227 e. The van der Waals surface area contributed by atoms with Crippen molar-refractivity contribution in [2.75, 3.05) is 20.1 Å². The average Bonchev–Trinajstić information content (AvgIpc) is 2.93. The third-order valence-corrected chi connectivity index (χ3v) is 3.75. The van der Waals surface area contributed by atoms with Gasteiger partial charge < -0.3 is 10.2 Å². The molecule has 0 aromatic heterocycles. The maximum atomic E-state index is 13.7. The Labute approximate surface area is 111 Å². The number of nitrogens with one attached hydrogen (secondary N) is 1. The number of carbonyl (C=O) groups is 1. The van der Waals surface area contributed by atoms with Gasteiger partial charge in [-0.05, 0) is 38.1 Å². The Bertz CT molecular complexity index is 473. The van der Waals surface area contributed by atoms with Gasteiger partial charge in [-0.1, -0.05) is 0 Å². The molecule has 1 aliphatic rings. The first kappa shape index (κ1) is 13.9. The van der Waals surface area contributed by atoms with Crippen LogP contribution in [0, 0.1) is 17.6 Å². The van der Waals surface area contributed by atoms with Crippen molar-refractivity contribution >= 4 is 5.91 Å². The molecule has 1 fully saturated rings. The van der Waals surface area contributed by atoms with Gasteiger partial charge in [0.15, 0.2) is 0 Å². The second-order valence-electron chi connectivity index (χ2n) is 4.98. The summed E-state index contributed by atoms with van der Waals surface area (Å²) in [6, 6.07) is 2.84. The lowest BCUT2D eigenvalue weighted by Gasteiger charge is -2.28. The number of benzene rings is 1. The lowest BCUT2D eigenvalue weighted by molar-refractivity contribution is -0.135. The molecule has 1 amide bonds. The van der Waals surface area contributed by atoms with E-state index in [1.54, 1.807) is 14.0 Å². The fourth-order valence-corrected chi connectivity index (χ4v) is 2.39. The summed E-state index contributed by atoms with van der Waals surface area (Å²) in [4.78, 5) is 13.7. The molecule has 1 saturated heterocycles. The number of hydrogen-bond donors (Lipinski definition) is 1. The number of halogens is 2. The molecular weight excluding hydrogens is 250 g/mol. The second kappa shape index (κ2) is 5.65. The topological polar surface area (TPSA) is 32.3 Å². The van der Waals surface area contributed by atoms with Gasteiger partial charge in [-0.2, -0.15) is 0 Å². The van der Waals surface area contributed by atoms with Gasteiger partial charge in [0.1, 0.15) is 11.6 Å². The molecule has 0 aliphatic carbocycles. The van der Waals surface area contributed by atoms with Gasteiger partial charge in [0, 0.05) is 19.2 Å². The number of amides is 1. The summed E-state index contributed by atoms with van der Waals surface area (Å²) in [6.07, 6.45) is 0.793. The first-order chi connectivity index (χ1) is 9.00. The van der Waals surface area contributed by atoms with Gasteiger partial charge in [-0.15, -0.1) is 0 Å². The van der Waals surface area contributed by atoms with Crippen LogP contribution < -0.4 is 5.32 Å². The molecule has 1 aliphatic heterocycles. The zero-order valence-corrected chi connectivity index (χ0v) is 11.1. The summed E-state index contributed by atoms with van der Waals surface area (Å²) in [7, 11) is 1.63. The fraction of sp³-hybridized carbons (Fsp3) is 0.500. The zero-order chi connectivity index (χ0) is 14.0. The predicted molar refractivity (Wildman–Crippen MR) is 68.5 cm³/mol. The minimum atomic E-state index is -0.494. The Kier molecular flexibility index (Phi) is 4.14. The van der Waals surface area contributed by atoms with Crippen molar-refractivity contribution in [3.05, 3.63) is 35.4 Å². The minimum absolute atomic E-state index is 0.0267. The van der Waals surface area contributed by atoms with Crippen LogP contribution in [0.25, 0.3) is 0 Å². The molecule has 0 saturated carbocycles. The summed E-state index contributed by atoms with van der Waals surface area (Å²) in [5, 5.41) is 3.13. The molecular formula is C14H18F2N2O. The molecule has 104 valence electrons. The summed E-state index contributed by atoms with van der Waals surface area (Å²) in [5.41, 5.74) is 0.210. The summed E-state index contributed by atoms with van der Waals surface area (Å²) in [5.74, 6) is -1.07. The molecule has 2 rings (SSSR count). The van der Waals surface area contributed by atoms with Crippen molar-refractivity contribution in [3.63, 3.8) is 0 Å². The van der Waals surface area contributed by atoms with Crippen LogP contribution in [0.1, 0.15) is 24.9 Å². The second-order valence-corrected chi connectivity index (χ2v) is 4.98. The van der Waals surface area contributed by atoms with E-state index in [0.29, 0.717) is 6.54 Å². The number of hydrogen-bond acceptors (Lipinski definition) is 2. The van der Waals surface area contributed by atoms with Crippen molar-refractivity contribution in [2.45, 2.75) is 19.4 Å². The number of rotatable bonds is 3. The highest BCUT2D eigenvalue weighted by molar-refractivity contribution is 5.79. The largest absolute Gasteiger partial charge is 0.339 e. The molecule has 19 heavy (non-hydrogen) atoms. The van der Waals surface area contributed by atoms with Crippen molar-refractivity contribution in [3.8, 4) is 0 Å². The maximum absolute atomic E-state index is 13.7. The Morgan fingerprint density at radius 3 is 2.84 bits per heavy atom. The van der Waals surface area contributed by atoms with Crippen LogP contribution in [0.15, 0.2) is 18.2 Å². The van der Waals surface area contributed by atoms with Crippen LogP contribution in [-0.4, -0.2) is 30.9 Å². The van der Waals surface area contributed by atoms with E-state index in [1.807, 2.05) is 0 Å². The fourth-order valence-electron chi connectivity index (χ4n) is 2.39. The lowest BCUT2D eigenvalue weighted by Crippen LogP contribution is -2.36. The summed E-state index contributed by atoms with van der Waals surface area (Å²) in [6.45, 7) is 3.19. The molecule has 2 atom stereocenters. The van der Waals surface area contributed by atoms with Crippen LogP contribution in [0.5, 0.6) is 0 Å². The highest BCUT2D eigenvalue weighted by Gasteiger charge is 2.29. The molecule has 1 aromatic rings. The van der Waals surface area contributed by atoms with E-state index in [-0.39, 0.29) is 17.4 Å². The quantitative estimate of drug-likeness (QED) is 0.910. The van der Waals surface area contributed by atoms with Crippen LogP contribution in [-0.2, 0) is 4.79 Å². The normalized spacial score (nSPS) is 20.3. The van der Waals surface area contributed by atoms with Gasteiger partial charge in [0.2, 0.25) is 5.91 Å². The predicted octanol–water partition coefficient (Wildman–Crippen LogP) is 2.09. The lowest BCUT2D eigenvalue weighted by atomic mass is 10.0. The van der Waals surface area contributed by atoms with E-state index in [2.05, 4.69) is 5.32 Å². The first-order valence-corrected chi connectivity index (χ1v) is 6.43. The van der Waals surface area contributed by atoms with Crippen LogP contribution in [0.2, 0.25) is 0 Å². The molecule has 5 heteroatoms. The Hall–Kier alpha value is -1.49. The monoisotopic (exact) mass is 268 g/mol. The van der Waals surface area contributed by atoms with Crippen LogP contribution in [0.4, 0.5) is 8.78 Å². The van der Waals surface area contributed by atoms with Gasteiger partial charge in [-0.3, -0.25) is 4.79 Å². The van der Waals surface area contributed by atoms with Gasteiger partial charge in [-0.25, -0.2) is 8.78 Å². The highest BCUT2D eigenvalue weighted by Crippen LogP contribution is 2.25. The van der Waals surface area contributed by atoms with Gasteiger partial charge in [0.25, 0.3) is 0 Å². The minimum Gasteiger partial charge on any atom is -0.339 e. The van der Waals surface area contributed by atoms with Gasteiger partial charge in [0.05, 0.1) is 12.0 Å². The molecule has 1 heterocycles. The van der Waals surface area contributed by atoms with E-state index in [4.69, 9.17) is 0 Å². The van der Waals surface area contributed by atoms with E-state index in [1.165, 1.54) is 4.90 Å². The standard InChI is InChI=1S/C14H18F2N2O/c1-9(12-7-11(15)3-4-13(12)16)18(2)14(19)10-5-6-17-8-10/h3-4,7,9-10,17H,5-6,8H2,1-2H3/t9-,10+/m1/s1. The van der Waals surface area contributed by atoms with E-state index in [0.717, 1.165) is 31.2 Å². The van der Waals surface area contributed by atoms with Crippen molar-refractivity contribution in [1.29, 1.82) is 0 Å². The smallest absolute Gasteiger partial charge is 0.227 e.